The number of hydrogen-bond donors (Lipinski definition) is 4. The van der Waals surface area contributed by atoms with Gasteiger partial charge in [-0.05, 0) is 25.1 Å². The van der Waals surface area contributed by atoms with Crippen molar-refractivity contribution >= 4 is 23.3 Å². The van der Waals surface area contributed by atoms with Crippen molar-refractivity contribution < 1.29 is 14.7 Å². The van der Waals surface area contributed by atoms with Gasteiger partial charge in [-0.15, -0.1) is 0 Å². The van der Waals surface area contributed by atoms with Crippen LogP contribution in [0.2, 0.25) is 0 Å². The summed E-state index contributed by atoms with van der Waals surface area (Å²) in [5, 5.41) is 14.3. The van der Waals surface area contributed by atoms with E-state index in [1.807, 2.05) is 0 Å². The van der Waals surface area contributed by atoms with Crippen molar-refractivity contribution in [3.8, 4) is 0 Å². The van der Waals surface area contributed by atoms with Gasteiger partial charge in [0.2, 0.25) is 5.91 Å². The number of nitrogens with two attached hydrogens (primary N) is 1. The molecule has 17 heavy (non-hydrogen) atoms. The maximum absolute atomic E-state index is 11.3. The molecule has 92 valence electrons. The quantitative estimate of drug-likeness (QED) is 0.571. The van der Waals surface area contributed by atoms with Crippen LogP contribution in [0.5, 0.6) is 0 Å². The number of carboxylic acid groups (broad SMARTS) is 1. The summed E-state index contributed by atoms with van der Waals surface area (Å²) >= 11 is 0. The van der Waals surface area contributed by atoms with Crippen LogP contribution in [-0.4, -0.2) is 30.1 Å². The number of amides is 1. The first-order valence-electron chi connectivity index (χ1n) is 5.06. The monoisotopic (exact) mass is 237 g/mol. The van der Waals surface area contributed by atoms with E-state index in [2.05, 4.69) is 10.6 Å². The molecule has 0 aliphatic carbocycles. The molecule has 0 aliphatic heterocycles. The number of benzene rings is 1. The van der Waals surface area contributed by atoms with E-state index in [4.69, 9.17) is 10.8 Å². The van der Waals surface area contributed by atoms with Gasteiger partial charge in [-0.2, -0.15) is 0 Å². The minimum absolute atomic E-state index is 0.0131. The summed E-state index contributed by atoms with van der Waals surface area (Å²) in [6.07, 6.45) is 0. The third kappa shape index (κ3) is 3.10. The van der Waals surface area contributed by atoms with Crippen LogP contribution in [0.3, 0.4) is 0 Å². The van der Waals surface area contributed by atoms with E-state index in [1.54, 1.807) is 13.0 Å². The number of nitrogens with one attached hydrogen (secondary N) is 2. The lowest BCUT2D eigenvalue weighted by atomic mass is 10.1. The van der Waals surface area contributed by atoms with E-state index in [0.29, 0.717) is 5.69 Å². The summed E-state index contributed by atoms with van der Waals surface area (Å²) in [5.41, 5.74) is 6.26. The number of carboxylic acids is 1. The van der Waals surface area contributed by atoms with E-state index in [1.165, 1.54) is 19.2 Å². The molecule has 1 amide bonds. The minimum atomic E-state index is -1.10. The van der Waals surface area contributed by atoms with Crippen molar-refractivity contribution in [3.05, 3.63) is 23.8 Å². The predicted octanol–water partition coefficient (Wildman–Crippen LogP) is 0.513. The topological polar surface area (TPSA) is 104 Å². The van der Waals surface area contributed by atoms with Crippen LogP contribution in [0.1, 0.15) is 17.3 Å². The molecule has 0 radical (unpaired) electrons. The van der Waals surface area contributed by atoms with E-state index in [9.17, 15) is 9.59 Å². The van der Waals surface area contributed by atoms with Gasteiger partial charge < -0.3 is 21.5 Å². The van der Waals surface area contributed by atoms with Crippen molar-refractivity contribution in [2.75, 3.05) is 18.1 Å². The number of anilines is 2. The van der Waals surface area contributed by atoms with Crippen LogP contribution in [0.15, 0.2) is 18.2 Å². The summed E-state index contributed by atoms with van der Waals surface area (Å²) in [7, 11) is 1.53. The third-order valence-electron chi connectivity index (χ3n) is 2.31. The standard InChI is InChI=1S/C11H15N3O3/c1-6(10(15)13-2)14-7-3-4-9(12)8(5-7)11(16)17/h3-6,14H,12H2,1-2H3,(H,13,15)(H,16,17). The molecule has 5 N–H and O–H groups in total. The van der Waals surface area contributed by atoms with Gasteiger partial charge in [0.1, 0.15) is 6.04 Å². The first-order valence-corrected chi connectivity index (χ1v) is 5.06. The summed E-state index contributed by atoms with van der Waals surface area (Å²) < 4.78 is 0. The fourth-order valence-electron chi connectivity index (χ4n) is 1.36. The zero-order valence-electron chi connectivity index (χ0n) is 9.65. The van der Waals surface area contributed by atoms with Gasteiger partial charge in [0, 0.05) is 18.4 Å². The van der Waals surface area contributed by atoms with E-state index < -0.39 is 12.0 Å². The third-order valence-corrected chi connectivity index (χ3v) is 2.31. The summed E-state index contributed by atoms with van der Waals surface area (Å²) in [5.74, 6) is -1.28. The average Bonchev–Trinajstić information content (AvgIpc) is 2.30. The van der Waals surface area contributed by atoms with Gasteiger partial charge >= 0.3 is 5.97 Å². The van der Waals surface area contributed by atoms with Gasteiger partial charge in [0.05, 0.1) is 5.56 Å². The average molecular weight is 237 g/mol. The van der Waals surface area contributed by atoms with Gasteiger partial charge in [-0.1, -0.05) is 0 Å². The van der Waals surface area contributed by atoms with Crippen LogP contribution in [-0.2, 0) is 4.79 Å². The molecule has 1 aromatic carbocycles. The molecule has 0 heterocycles. The zero-order chi connectivity index (χ0) is 13.0. The number of aromatic carboxylic acids is 1. The van der Waals surface area contributed by atoms with Crippen LogP contribution in [0, 0.1) is 0 Å². The number of nitrogen functional groups attached to an aromatic ring is 1. The lowest BCUT2D eigenvalue weighted by molar-refractivity contribution is -0.121. The molecule has 1 atom stereocenters. The number of hydrogen-bond acceptors (Lipinski definition) is 4. The molecule has 0 aromatic heterocycles. The van der Waals surface area contributed by atoms with Gasteiger partial charge in [-0.3, -0.25) is 4.79 Å². The first kappa shape index (κ1) is 12.8. The Morgan fingerprint density at radius 3 is 2.59 bits per heavy atom. The second-order valence-corrected chi connectivity index (χ2v) is 3.59. The zero-order valence-corrected chi connectivity index (χ0v) is 9.65. The normalized spacial score (nSPS) is 11.6. The molecule has 1 rings (SSSR count). The number of carbonyl (C=O) groups is 2. The SMILES string of the molecule is CNC(=O)C(C)Nc1ccc(N)c(C(=O)O)c1. The van der Waals surface area contributed by atoms with Crippen LogP contribution < -0.4 is 16.4 Å². The summed E-state index contributed by atoms with van der Waals surface area (Å²) in [4.78, 5) is 22.2. The van der Waals surface area contributed by atoms with Gasteiger partial charge in [0.15, 0.2) is 0 Å². The molecule has 1 unspecified atom stereocenters. The summed E-state index contributed by atoms with van der Waals surface area (Å²) in [6.45, 7) is 1.68. The molecule has 0 fully saturated rings. The van der Waals surface area contributed by atoms with Crippen molar-refractivity contribution in [1.82, 2.24) is 5.32 Å². The van der Waals surface area contributed by atoms with E-state index in [0.717, 1.165) is 0 Å². The Labute approximate surface area is 98.8 Å². The molecular formula is C11H15N3O3. The maximum atomic E-state index is 11.3. The number of likely N-dealkylation sites (N-methyl/N-ethyl adjacent to an activating group) is 1. The maximum Gasteiger partial charge on any atom is 0.337 e. The molecule has 0 spiro atoms. The largest absolute Gasteiger partial charge is 0.478 e. The molecule has 0 aliphatic rings. The fraction of sp³-hybridized carbons (Fsp3) is 0.273. The lowest BCUT2D eigenvalue weighted by Gasteiger charge is -2.14. The van der Waals surface area contributed by atoms with Gasteiger partial charge in [-0.25, -0.2) is 4.79 Å². The highest BCUT2D eigenvalue weighted by molar-refractivity contribution is 5.95. The highest BCUT2D eigenvalue weighted by Gasteiger charge is 2.13. The molecule has 6 heteroatoms. The van der Waals surface area contributed by atoms with E-state index >= 15 is 0 Å². The van der Waals surface area contributed by atoms with Crippen LogP contribution in [0.25, 0.3) is 0 Å². The van der Waals surface area contributed by atoms with E-state index in [-0.39, 0.29) is 17.2 Å². The fourth-order valence-corrected chi connectivity index (χ4v) is 1.36. The van der Waals surface area contributed by atoms with Crippen LogP contribution >= 0.6 is 0 Å². The molecule has 1 aromatic rings. The number of carbonyl (C=O) groups excluding carboxylic acids is 1. The Hall–Kier alpha value is -2.24. The summed E-state index contributed by atoms with van der Waals surface area (Å²) in [6, 6.07) is 4.06. The Kier molecular flexibility index (Phi) is 3.92. The first-order chi connectivity index (χ1) is 7.95. The molecule has 0 saturated heterocycles. The molecule has 0 bridgehead atoms. The minimum Gasteiger partial charge on any atom is -0.478 e. The van der Waals surface area contributed by atoms with Crippen molar-refractivity contribution in [2.24, 2.45) is 0 Å². The van der Waals surface area contributed by atoms with Crippen molar-refractivity contribution in [1.29, 1.82) is 0 Å². The van der Waals surface area contributed by atoms with Gasteiger partial charge in [0.25, 0.3) is 0 Å². The highest BCUT2D eigenvalue weighted by Crippen LogP contribution is 2.18. The van der Waals surface area contributed by atoms with Crippen molar-refractivity contribution in [2.45, 2.75) is 13.0 Å². The Morgan fingerprint density at radius 2 is 2.06 bits per heavy atom. The second kappa shape index (κ2) is 5.20. The van der Waals surface area contributed by atoms with Crippen LogP contribution in [0.4, 0.5) is 11.4 Å². The molecular weight excluding hydrogens is 222 g/mol. The smallest absolute Gasteiger partial charge is 0.337 e. The Balaban J connectivity index is 2.90. The second-order valence-electron chi connectivity index (χ2n) is 3.59. The Bertz CT molecular complexity index is 446. The number of rotatable bonds is 4. The lowest BCUT2D eigenvalue weighted by Crippen LogP contribution is -2.35. The predicted molar refractivity (Wildman–Crippen MR) is 65.0 cm³/mol. The van der Waals surface area contributed by atoms with Crippen molar-refractivity contribution in [3.63, 3.8) is 0 Å². The molecule has 6 nitrogen and oxygen atoms in total. The highest BCUT2D eigenvalue weighted by atomic mass is 16.4. The Morgan fingerprint density at radius 1 is 1.41 bits per heavy atom. The molecule has 0 saturated carbocycles.